The van der Waals surface area contributed by atoms with Crippen LogP contribution in [0.2, 0.25) is 0 Å². The summed E-state index contributed by atoms with van der Waals surface area (Å²) in [6.45, 7) is 0. The summed E-state index contributed by atoms with van der Waals surface area (Å²) >= 11 is 3.99. The summed E-state index contributed by atoms with van der Waals surface area (Å²) in [6.07, 6.45) is 0. The van der Waals surface area contributed by atoms with E-state index in [2.05, 4.69) is 12.6 Å². The molecule has 0 radical (unpaired) electrons. The lowest BCUT2D eigenvalue weighted by Gasteiger charge is -2.06. The Morgan fingerprint density at radius 1 is 1.13 bits per heavy atom. The van der Waals surface area contributed by atoms with Gasteiger partial charge in [-0.2, -0.15) is 0 Å². The predicted molar refractivity (Wildman–Crippen MR) is 62.7 cm³/mol. The first kappa shape index (κ1) is 9.98. The van der Waals surface area contributed by atoms with Gasteiger partial charge in [-0.3, -0.25) is 10.1 Å². The predicted octanol–water partition coefficient (Wildman–Crippen LogP) is 3.04. The zero-order valence-corrected chi connectivity index (χ0v) is 8.72. The molecular weight excluding hydrogens is 210 g/mol. The van der Waals surface area contributed by atoms with Crippen LogP contribution in [0.5, 0.6) is 0 Å². The summed E-state index contributed by atoms with van der Waals surface area (Å²) in [5.74, 6) is 0. The van der Waals surface area contributed by atoms with Crippen LogP contribution in [-0.2, 0) is 0 Å². The lowest BCUT2D eigenvalue weighted by atomic mass is 10.0. The minimum absolute atomic E-state index is 0.398. The first-order valence-corrected chi connectivity index (χ1v) is 5.01. The monoisotopic (exact) mass is 219 g/mol. The van der Waals surface area contributed by atoms with Gasteiger partial charge in [0.1, 0.15) is 0 Å². The van der Waals surface area contributed by atoms with Gasteiger partial charge in [-0.1, -0.05) is 55.1 Å². The number of fused-ring (bicyclic) bond motifs is 1. The quantitative estimate of drug-likeness (QED) is 0.365. The van der Waals surface area contributed by atoms with Crippen LogP contribution >= 0.6 is 12.6 Å². The second kappa shape index (κ2) is 3.90. The maximum atomic E-state index is 10.7. The van der Waals surface area contributed by atoms with E-state index in [4.69, 9.17) is 0 Å². The van der Waals surface area contributed by atoms with Crippen LogP contribution in [0.4, 0.5) is 0 Å². The highest BCUT2D eigenvalue weighted by Gasteiger charge is 2.18. The highest BCUT2D eigenvalue weighted by Crippen LogP contribution is 2.28. The number of nitrogens with zero attached hydrogens (tertiary/aromatic N) is 1. The molecule has 0 spiro atoms. The average Bonchev–Trinajstić information content (AvgIpc) is 2.27. The van der Waals surface area contributed by atoms with Crippen LogP contribution in [0, 0.1) is 10.1 Å². The third kappa shape index (κ3) is 1.80. The molecule has 0 saturated heterocycles. The van der Waals surface area contributed by atoms with Crippen LogP contribution in [0.1, 0.15) is 10.9 Å². The zero-order valence-electron chi connectivity index (χ0n) is 7.83. The van der Waals surface area contributed by atoms with Crippen molar-refractivity contribution in [3.8, 4) is 0 Å². The molecule has 0 bridgehead atoms. The number of nitro groups is 1. The molecule has 2 rings (SSSR count). The standard InChI is InChI=1S/C11H9NO2S/c13-12(14)11(15)10-7-3-5-8-4-1-2-6-9(8)10/h1-7,11,15H. The van der Waals surface area contributed by atoms with Gasteiger partial charge >= 0.3 is 0 Å². The van der Waals surface area contributed by atoms with Crippen LogP contribution in [0.3, 0.4) is 0 Å². The molecule has 1 atom stereocenters. The number of hydrogen-bond acceptors (Lipinski definition) is 3. The third-order valence-electron chi connectivity index (χ3n) is 2.30. The van der Waals surface area contributed by atoms with Crippen LogP contribution in [0.25, 0.3) is 10.8 Å². The van der Waals surface area contributed by atoms with E-state index in [-0.39, 0.29) is 0 Å². The largest absolute Gasteiger partial charge is 0.281 e. The smallest absolute Gasteiger partial charge is 0.263 e. The molecule has 0 N–H and O–H groups in total. The highest BCUT2D eigenvalue weighted by molar-refractivity contribution is 7.80. The molecule has 2 aromatic rings. The van der Waals surface area contributed by atoms with E-state index in [0.717, 1.165) is 10.8 Å². The Kier molecular flexibility index (Phi) is 2.60. The van der Waals surface area contributed by atoms with E-state index in [9.17, 15) is 10.1 Å². The molecule has 0 heterocycles. The zero-order chi connectivity index (χ0) is 10.8. The lowest BCUT2D eigenvalue weighted by Crippen LogP contribution is -2.03. The molecule has 0 fully saturated rings. The summed E-state index contributed by atoms with van der Waals surface area (Å²) in [6, 6.07) is 13.1. The van der Waals surface area contributed by atoms with E-state index in [1.54, 1.807) is 6.07 Å². The van der Waals surface area contributed by atoms with Crippen LogP contribution < -0.4 is 0 Å². The summed E-state index contributed by atoms with van der Waals surface area (Å²) in [7, 11) is 0. The minimum atomic E-state index is -0.962. The van der Waals surface area contributed by atoms with Crippen molar-refractivity contribution in [3.05, 3.63) is 58.1 Å². The van der Waals surface area contributed by atoms with E-state index < -0.39 is 10.3 Å². The molecule has 0 saturated carbocycles. The Labute approximate surface area is 92.3 Å². The minimum Gasteiger partial charge on any atom is -0.263 e. The average molecular weight is 219 g/mol. The molecule has 0 aromatic heterocycles. The normalized spacial score (nSPS) is 12.6. The maximum Gasteiger partial charge on any atom is 0.281 e. The summed E-state index contributed by atoms with van der Waals surface area (Å²) in [4.78, 5) is 10.3. The van der Waals surface area contributed by atoms with Crippen molar-refractivity contribution in [1.82, 2.24) is 0 Å². The fraction of sp³-hybridized carbons (Fsp3) is 0.0909. The molecule has 0 aliphatic rings. The van der Waals surface area contributed by atoms with Gasteiger partial charge in [-0.15, -0.1) is 0 Å². The van der Waals surface area contributed by atoms with Crippen molar-refractivity contribution in [1.29, 1.82) is 0 Å². The van der Waals surface area contributed by atoms with Gasteiger partial charge in [0.15, 0.2) is 0 Å². The Morgan fingerprint density at radius 3 is 2.53 bits per heavy atom. The van der Waals surface area contributed by atoms with Gasteiger partial charge in [0, 0.05) is 10.5 Å². The molecule has 0 amide bonds. The Morgan fingerprint density at radius 2 is 1.80 bits per heavy atom. The molecule has 2 aromatic carbocycles. The Bertz CT molecular complexity index is 507. The van der Waals surface area contributed by atoms with E-state index in [1.807, 2.05) is 36.4 Å². The van der Waals surface area contributed by atoms with Gasteiger partial charge in [-0.25, -0.2) is 0 Å². The molecule has 3 nitrogen and oxygen atoms in total. The maximum absolute atomic E-state index is 10.7. The van der Waals surface area contributed by atoms with Gasteiger partial charge in [-0.05, 0) is 10.8 Å². The van der Waals surface area contributed by atoms with E-state index >= 15 is 0 Å². The number of benzene rings is 2. The van der Waals surface area contributed by atoms with Gasteiger partial charge < -0.3 is 0 Å². The molecule has 76 valence electrons. The highest BCUT2D eigenvalue weighted by atomic mass is 32.1. The Balaban J connectivity index is 2.65. The van der Waals surface area contributed by atoms with Crippen molar-refractivity contribution >= 4 is 23.4 Å². The van der Waals surface area contributed by atoms with Crippen molar-refractivity contribution in [2.75, 3.05) is 0 Å². The summed E-state index contributed by atoms with van der Waals surface area (Å²) < 4.78 is 0. The second-order valence-electron chi connectivity index (χ2n) is 3.23. The van der Waals surface area contributed by atoms with Crippen LogP contribution in [0.15, 0.2) is 42.5 Å². The molecule has 15 heavy (non-hydrogen) atoms. The van der Waals surface area contributed by atoms with E-state index in [0.29, 0.717) is 5.56 Å². The van der Waals surface area contributed by atoms with Crippen LogP contribution in [-0.4, -0.2) is 4.92 Å². The second-order valence-corrected chi connectivity index (χ2v) is 3.72. The van der Waals surface area contributed by atoms with Crippen molar-refractivity contribution in [2.24, 2.45) is 0 Å². The molecule has 4 heteroatoms. The number of hydrogen-bond donors (Lipinski definition) is 1. The van der Waals surface area contributed by atoms with Crippen molar-refractivity contribution in [3.63, 3.8) is 0 Å². The first-order valence-electron chi connectivity index (χ1n) is 4.49. The topological polar surface area (TPSA) is 43.1 Å². The molecule has 1 unspecified atom stereocenters. The summed E-state index contributed by atoms with van der Waals surface area (Å²) in [5, 5.41) is 11.6. The van der Waals surface area contributed by atoms with Crippen molar-refractivity contribution < 1.29 is 4.92 Å². The summed E-state index contributed by atoms with van der Waals surface area (Å²) in [5.41, 5.74) is 0.640. The number of rotatable bonds is 2. The molecular formula is C11H9NO2S. The van der Waals surface area contributed by atoms with E-state index in [1.165, 1.54) is 0 Å². The molecule has 0 aliphatic heterocycles. The van der Waals surface area contributed by atoms with Crippen molar-refractivity contribution in [2.45, 2.75) is 5.37 Å². The fourth-order valence-electron chi connectivity index (χ4n) is 1.59. The number of thiol groups is 1. The lowest BCUT2D eigenvalue weighted by molar-refractivity contribution is -0.499. The van der Waals surface area contributed by atoms with Gasteiger partial charge in [0.25, 0.3) is 5.37 Å². The first-order chi connectivity index (χ1) is 7.20. The molecule has 0 aliphatic carbocycles. The Hall–Kier alpha value is -1.55. The fourth-order valence-corrected chi connectivity index (χ4v) is 1.81. The van der Waals surface area contributed by atoms with Gasteiger partial charge in [0.05, 0.1) is 0 Å². The van der Waals surface area contributed by atoms with Gasteiger partial charge in [0.2, 0.25) is 0 Å². The SMILES string of the molecule is O=[N+]([O-])C(S)c1cccc2ccccc12. The third-order valence-corrected chi connectivity index (χ3v) is 2.77.